The molecular weight excluding hydrogens is 224 g/mol. The Hall–Kier alpha value is -1.63. The average molecular weight is 233 g/mol. The second-order valence-electron chi connectivity index (χ2n) is 2.64. The van der Waals surface area contributed by atoms with E-state index >= 15 is 0 Å². The largest absolute Gasteiger partial charge is 0.480 e. The van der Waals surface area contributed by atoms with E-state index in [4.69, 9.17) is 16.7 Å². The fraction of sp³-hybridized carbons (Fsp3) is 0.429. The van der Waals surface area contributed by atoms with E-state index in [9.17, 15) is 9.59 Å². The first-order chi connectivity index (χ1) is 7.11. The fourth-order valence-corrected chi connectivity index (χ4v) is 1.01. The molecule has 0 aliphatic heterocycles. The number of alkyl halides is 1. The molecule has 82 valence electrons. The summed E-state index contributed by atoms with van der Waals surface area (Å²) in [5.74, 6) is -0.905. The molecule has 1 aromatic heterocycles. The van der Waals surface area contributed by atoms with Gasteiger partial charge in [0.15, 0.2) is 12.4 Å². The first-order valence-corrected chi connectivity index (χ1v) is 4.63. The number of carboxylic acids is 1. The molecule has 0 saturated heterocycles. The minimum Gasteiger partial charge on any atom is -0.480 e. The zero-order valence-corrected chi connectivity index (χ0v) is 8.44. The number of nitrogens with zero attached hydrogens (tertiary/aromatic N) is 3. The Morgan fingerprint density at radius 1 is 1.60 bits per heavy atom. The summed E-state index contributed by atoms with van der Waals surface area (Å²) in [6, 6.07) is 0. The molecule has 7 nitrogen and oxygen atoms in total. The van der Waals surface area contributed by atoms with Gasteiger partial charge in [-0.1, -0.05) is 0 Å². The molecule has 0 aliphatic rings. The highest BCUT2D eigenvalue weighted by atomic mass is 35.5. The summed E-state index contributed by atoms with van der Waals surface area (Å²) in [7, 11) is 0. The van der Waals surface area contributed by atoms with Crippen LogP contribution in [-0.2, 0) is 16.1 Å². The maximum atomic E-state index is 11.1. The molecule has 0 fully saturated rings. The quantitative estimate of drug-likeness (QED) is 0.693. The van der Waals surface area contributed by atoms with Crippen LogP contribution in [0.25, 0.3) is 0 Å². The van der Waals surface area contributed by atoms with E-state index in [1.165, 1.54) is 6.20 Å². The van der Waals surface area contributed by atoms with Gasteiger partial charge in [-0.2, -0.15) is 9.90 Å². The van der Waals surface area contributed by atoms with Crippen LogP contribution in [0.4, 0.5) is 5.82 Å². The van der Waals surface area contributed by atoms with Crippen molar-refractivity contribution in [2.24, 2.45) is 0 Å². The molecule has 8 heteroatoms. The number of rotatable bonds is 5. The van der Waals surface area contributed by atoms with Crippen molar-refractivity contribution in [3.63, 3.8) is 0 Å². The van der Waals surface area contributed by atoms with E-state index in [2.05, 4.69) is 15.5 Å². The van der Waals surface area contributed by atoms with Crippen molar-refractivity contribution in [2.75, 3.05) is 11.2 Å². The molecule has 1 amide bonds. The summed E-state index contributed by atoms with van der Waals surface area (Å²) in [6.07, 6.45) is 1.45. The van der Waals surface area contributed by atoms with E-state index in [1.54, 1.807) is 0 Å². The molecule has 0 atom stereocenters. The van der Waals surface area contributed by atoms with Crippen LogP contribution < -0.4 is 5.32 Å². The van der Waals surface area contributed by atoms with Crippen LogP contribution >= 0.6 is 11.6 Å². The standard InChI is InChI=1S/C7H9ClN4O3/c8-2-1-6(13)10-5-3-9-12(11-5)4-7(14)15/h3H,1-2,4H2,(H,14,15)(H,10,11,13). The van der Waals surface area contributed by atoms with Crippen LogP contribution in [0.1, 0.15) is 6.42 Å². The van der Waals surface area contributed by atoms with Crippen molar-refractivity contribution in [2.45, 2.75) is 13.0 Å². The van der Waals surface area contributed by atoms with Crippen molar-refractivity contribution in [3.05, 3.63) is 6.20 Å². The maximum Gasteiger partial charge on any atom is 0.327 e. The number of nitrogens with one attached hydrogen (secondary N) is 1. The summed E-state index contributed by atoms with van der Waals surface area (Å²) >= 11 is 5.36. The smallest absolute Gasteiger partial charge is 0.327 e. The number of amides is 1. The number of hydrogen-bond acceptors (Lipinski definition) is 4. The molecular formula is C7H9ClN4O3. The Balaban J connectivity index is 2.52. The summed E-state index contributed by atoms with van der Waals surface area (Å²) < 4.78 is 0. The SMILES string of the molecule is O=C(O)Cn1ncc(NC(=O)CCCl)n1. The van der Waals surface area contributed by atoms with Gasteiger partial charge in [-0.3, -0.25) is 9.59 Å². The molecule has 1 rings (SSSR count). The molecule has 0 spiro atoms. The van der Waals surface area contributed by atoms with Gasteiger partial charge in [0, 0.05) is 12.3 Å². The summed E-state index contributed by atoms with van der Waals surface area (Å²) in [6.45, 7) is -0.342. The number of carbonyl (C=O) groups is 2. The molecule has 0 aliphatic carbocycles. The zero-order chi connectivity index (χ0) is 11.3. The van der Waals surface area contributed by atoms with Gasteiger partial charge in [0.25, 0.3) is 0 Å². The lowest BCUT2D eigenvalue weighted by atomic mass is 10.4. The Labute approximate surface area is 90.0 Å². The third-order valence-corrected chi connectivity index (χ3v) is 1.59. The lowest BCUT2D eigenvalue weighted by molar-refractivity contribution is -0.138. The van der Waals surface area contributed by atoms with Crippen LogP contribution in [0.3, 0.4) is 0 Å². The van der Waals surface area contributed by atoms with Crippen LogP contribution in [0, 0.1) is 0 Å². The predicted octanol–water partition coefficient (Wildman–Crippen LogP) is -0.0699. The zero-order valence-electron chi connectivity index (χ0n) is 7.68. The van der Waals surface area contributed by atoms with Gasteiger partial charge in [0.05, 0.1) is 6.20 Å². The van der Waals surface area contributed by atoms with Crippen molar-refractivity contribution in [3.8, 4) is 0 Å². The van der Waals surface area contributed by atoms with Gasteiger partial charge in [-0.25, -0.2) is 0 Å². The molecule has 2 N–H and O–H groups in total. The molecule has 0 saturated carbocycles. The van der Waals surface area contributed by atoms with Crippen LogP contribution in [0.5, 0.6) is 0 Å². The normalized spacial score (nSPS) is 9.93. The molecule has 0 bridgehead atoms. The Morgan fingerprint density at radius 2 is 2.33 bits per heavy atom. The summed E-state index contributed by atoms with van der Waals surface area (Å²) in [5.41, 5.74) is 0. The van der Waals surface area contributed by atoms with E-state index in [1.807, 2.05) is 0 Å². The Kier molecular flexibility index (Phi) is 4.04. The lowest BCUT2D eigenvalue weighted by Gasteiger charge is -1.97. The summed E-state index contributed by atoms with van der Waals surface area (Å²) in [5, 5.41) is 18.2. The van der Waals surface area contributed by atoms with Gasteiger partial charge in [0.1, 0.15) is 0 Å². The van der Waals surface area contributed by atoms with Crippen LogP contribution in [0.2, 0.25) is 0 Å². The van der Waals surface area contributed by atoms with Crippen LogP contribution in [-0.4, -0.2) is 37.9 Å². The third kappa shape index (κ3) is 3.94. The minimum atomic E-state index is -1.05. The van der Waals surface area contributed by atoms with Gasteiger partial charge in [-0.15, -0.1) is 16.7 Å². The molecule has 0 radical (unpaired) electrons. The van der Waals surface area contributed by atoms with E-state index in [0.717, 1.165) is 4.80 Å². The highest BCUT2D eigenvalue weighted by Crippen LogP contribution is 2.00. The average Bonchev–Trinajstić information content (AvgIpc) is 2.51. The number of anilines is 1. The fourth-order valence-electron chi connectivity index (χ4n) is 0.843. The first-order valence-electron chi connectivity index (χ1n) is 4.09. The second-order valence-corrected chi connectivity index (χ2v) is 3.02. The van der Waals surface area contributed by atoms with Crippen LogP contribution in [0.15, 0.2) is 6.20 Å². The Morgan fingerprint density at radius 3 is 2.93 bits per heavy atom. The highest BCUT2D eigenvalue weighted by molar-refractivity contribution is 6.19. The van der Waals surface area contributed by atoms with Crippen molar-refractivity contribution in [1.29, 1.82) is 0 Å². The summed E-state index contributed by atoms with van der Waals surface area (Å²) in [4.78, 5) is 22.3. The van der Waals surface area contributed by atoms with Crippen molar-refractivity contribution >= 4 is 29.3 Å². The minimum absolute atomic E-state index is 0.174. The highest BCUT2D eigenvalue weighted by Gasteiger charge is 2.06. The number of hydrogen-bond donors (Lipinski definition) is 2. The third-order valence-electron chi connectivity index (χ3n) is 1.40. The lowest BCUT2D eigenvalue weighted by Crippen LogP contribution is -2.14. The maximum absolute atomic E-state index is 11.1. The number of aromatic nitrogens is 3. The van der Waals surface area contributed by atoms with Gasteiger partial charge < -0.3 is 10.4 Å². The number of halogens is 1. The number of carbonyl (C=O) groups excluding carboxylic acids is 1. The van der Waals surface area contributed by atoms with Gasteiger partial charge in [0.2, 0.25) is 5.91 Å². The second kappa shape index (κ2) is 5.30. The number of carboxylic acid groups (broad SMARTS) is 1. The van der Waals surface area contributed by atoms with E-state index in [0.29, 0.717) is 0 Å². The topological polar surface area (TPSA) is 97.1 Å². The van der Waals surface area contributed by atoms with E-state index in [-0.39, 0.29) is 30.6 Å². The molecule has 1 heterocycles. The predicted molar refractivity (Wildman–Crippen MR) is 51.6 cm³/mol. The van der Waals surface area contributed by atoms with Crippen molar-refractivity contribution in [1.82, 2.24) is 15.0 Å². The van der Waals surface area contributed by atoms with Crippen molar-refractivity contribution < 1.29 is 14.7 Å². The van der Waals surface area contributed by atoms with Gasteiger partial charge in [-0.05, 0) is 0 Å². The first kappa shape index (κ1) is 11.4. The molecule has 0 aromatic carbocycles. The monoisotopic (exact) mass is 232 g/mol. The number of aliphatic carboxylic acids is 1. The molecule has 0 unspecified atom stereocenters. The van der Waals surface area contributed by atoms with Gasteiger partial charge >= 0.3 is 5.97 Å². The molecule has 1 aromatic rings. The Bertz CT molecular complexity index is 365. The molecule has 15 heavy (non-hydrogen) atoms. The van der Waals surface area contributed by atoms with E-state index < -0.39 is 5.97 Å².